The maximum absolute atomic E-state index is 10.1. The first-order chi connectivity index (χ1) is 4.22. The molecule has 53 valence electrons. The summed E-state index contributed by atoms with van der Waals surface area (Å²) in [5.41, 5.74) is 5.15. The Hall–Kier alpha value is -0.410. The zero-order valence-corrected chi connectivity index (χ0v) is 5.85. The van der Waals surface area contributed by atoms with Crippen LogP contribution in [0.2, 0.25) is 0 Å². The largest absolute Gasteiger partial charge is 0.318 e. The smallest absolute Gasteiger partial charge is 0.217 e. The third kappa shape index (κ3) is 3.21. The van der Waals surface area contributed by atoms with Crippen LogP contribution in [-0.4, -0.2) is 19.0 Å². The van der Waals surface area contributed by atoms with Gasteiger partial charge in [0, 0.05) is 6.67 Å². The van der Waals surface area contributed by atoms with Crippen molar-refractivity contribution in [3.8, 4) is 0 Å². The normalized spacial score (nSPS) is 13.8. The second kappa shape index (κ2) is 4.47. The number of carbonyl (C=O) groups excluding carboxylic acids is 1. The summed E-state index contributed by atoms with van der Waals surface area (Å²) in [6, 6.07) is -0.213. The van der Waals surface area contributed by atoms with Gasteiger partial charge in [0.05, 0.1) is 6.04 Å². The summed E-state index contributed by atoms with van der Waals surface area (Å²) >= 11 is 0. The number of nitrogens with two attached hydrogens (primary N) is 1. The van der Waals surface area contributed by atoms with Gasteiger partial charge in [-0.1, -0.05) is 13.8 Å². The van der Waals surface area contributed by atoms with Gasteiger partial charge in [0.25, 0.3) is 0 Å². The van der Waals surface area contributed by atoms with Crippen molar-refractivity contribution in [1.82, 2.24) is 5.32 Å². The van der Waals surface area contributed by atoms with E-state index in [1.54, 1.807) is 0 Å². The molecule has 0 amide bonds. The van der Waals surface area contributed by atoms with E-state index < -0.39 is 0 Å². The van der Waals surface area contributed by atoms with E-state index in [2.05, 4.69) is 5.32 Å². The Morgan fingerprint density at radius 2 is 2.22 bits per heavy atom. The van der Waals surface area contributed by atoms with E-state index in [1.807, 2.05) is 20.1 Å². The minimum absolute atomic E-state index is 0.213. The predicted molar refractivity (Wildman–Crippen MR) is 36.5 cm³/mol. The molecule has 0 aliphatic rings. The average molecular weight is 129 g/mol. The molecule has 0 aromatic heterocycles. The molecule has 0 heterocycles. The van der Waals surface area contributed by atoms with E-state index in [4.69, 9.17) is 5.73 Å². The Morgan fingerprint density at radius 3 is 2.33 bits per heavy atom. The van der Waals surface area contributed by atoms with Crippen molar-refractivity contribution in [1.29, 1.82) is 0 Å². The molecule has 0 aromatic rings. The van der Waals surface area contributed by atoms with Crippen molar-refractivity contribution < 1.29 is 4.79 Å². The molecule has 0 aliphatic heterocycles. The Balaban J connectivity index is 3.54. The molecular formula is C6H13N2O. The lowest BCUT2D eigenvalue weighted by Crippen LogP contribution is -2.38. The van der Waals surface area contributed by atoms with Gasteiger partial charge in [-0.2, -0.15) is 0 Å². The number of hydrogen-bond donors (Lipinski definition) is 2. The van der Waals surface area contributed by atoms with Crippen LogP contribution in [-0.2, 0) is 4.79 Å². The van der Waals surface area contributed by atoms with Gasteiger partial charge in [-0.25, -0.2) is 0 Å². The van der Waals surface area contributed by atoms with E-state index in [1.165, 1.54) is 0 Å². The fourth-order valence-corrected chi connectivity index (χ4v) is 0.540. The number of hydrogen-bond acceptors (Lipinski definition) is 3. The standard InChI is InChI=1S/C6H13N2O/c1-5(2)6(3-9)8-4-7/h5-6,8H,4,7H2,1-2H3/t6-/m0/s1. The molecule has 3 heteroatoms. The summed E-state index contributed by atoms with van der Waals surface area (Å²) in [5.74, 6) is 0.269. The van der Waals surface area contributed by atoms with Crippen LogP contribution in [0.5, 0.6) is 0 Å². The van der Waals surface area contributed by atoms with E-state index in [0.717, 1.165) is 0 Å². The van der Waals surface area contributed by atoms with Gasteiger partial charge in [-0.15, -0.1) is 0 Å². The molecule has 1 atom stereocenters. The minimum Gasteiger partial charge on any atom is -0.318 e. The molecule has 0 fully saturated rings. The van der Waals surface area contributed by atoms with Crippen molar-refractivity contribution in [3.63, 3.8) is 0 Å². The Morgan fingerprint density at radius 1 is 1.67 bits per heavy atom. The van der Waals surface area contributed by atoms with Gasteiger partial charge in [-0.05, 0) is 5.92 Å². The molecule has 9 heavy (non-hydrogen) atoms. The van der Waals surface area contributed by atoms with Crippen LogP contribution in [0.4, 0.5) is 0 Å². The van der Waals surface area contributed by atoms with Crippen LogP contribution < -0.4 is 11.1 Å². The molecule has 0 aliphatic carbocycles. The Kier molecular flexibility index (Phi) is 4.26. The molecule has 0 aromatic carbocycles. The maximum Gasteiger partial charge on any atom is 0.217 e. The third-order valence-corrected chi connectivity index (χ3v) is 1.13. The van der Waals surface area contributed by atoms with E-state index in [-0.39, 0.29) is 12.0 Å². The summed E-state index contributed by atoms with van der Waals surface area (Å²) in [4.78, 5) is 10.1. The lowest BCUT2D eigenvalue weighted by molar-refractivity contribution is 0.453. The monoisotopic (exact) mass is 129 g/mol. The first-order valence-electron chi connectivity index (χ1n) is 3.03. The molecule has 3 N–H and O–H groups in total. The number of nitrogens with one attached hydrogen (secondary N) is 1. The molecule has 0 saturated heterocycles. The quantitative estimate of drug-likeness (QED) is 0.509. The highest BCUT2D eigenvalue weighted by Crippen LogP contribution is 1.96. The second-order valence-electron chi connectivity index (χ2n) is 2.25. The molecule has 3 nitrogen and oxygen atoms in total. The van der Waals surface area contributed by atoms with Crippen LogP contribution in [0.25, 0.3) is 0 Å². The fraction of sp³-hybridized carbons (Fsp3) is 0.833. The third-order valence-electron chi connectivity index (χ3n) is 1.13. The molecule has 0 spiro atoms. The maximum atomic E-state index is 10.1. The first-order valence-corrected chi connectivity index (χ1v) is 3.03. The van der Waals surface area contributed by atoms with Gasteiger partial charge < -0.3 is 5.73 Å². The van der Waals surface area contributed by atoms with Crippen molar-refractivity contribution in [2.75, 3.05) is 6.67 Å². The predicted octanol–water partition coefficient (Wildman–Crippen LogP) is -0.373. The molecule has 0 saturated carbocycles. The van der Waals surface area contributed by atoms with E-state index >= 15 is 0 Å². The molecular weight excluding hydrogens is 116 g/mol. The van der Waals surface area contributed by atoms with Gasteiger partial charge in [0.15, 0.2) is 0 Å². The second-order valence-corrected chi connectivity index (χ2v) is 2.25. The summed E-state index contributed by atoms with van der Waals surface area (Å²) in [5, 5.41) is 2.79. The highest BCUT2D eigenvalue weighted by Gasteiger charge is 2.09. The van der Waals surface area contributed by atoms with Crippen molar-refractivity contribution in [2.45, 2.75) is 19.9 Å². The number of rotatable bonds is 4. The highest BCUT2D eigenvalue weighted by atomic mass is 16.1. The van der Waals surface area contributed by atoms with Gasteiger partial charge in [0.2, 0.25) is 6.29 Å². The average Bonchev–Trinajstić information content (AvgIpc) is 1.82. The lowest BCUT2D eigenvalue weighted by atomic mass is 10.1. The van der Waals surface area contributed by atoms with Gasteiger partial charge in [0.1, 0.15) is 0 Å². The van der Waals surface area contributed by atoms with Crippen LogP contribution in [0.3, 0.4) is 0 Å². The molecule has 0 rings (SSSR count). The van der Waals surface area contributed by atoms with Crippen LogP contribution >= 0.6 is 0 Å². The zero-order valence-electron chi connectivity index (χ0n) is 5.85. The highest BCUT2D eigenvalue weighted by molar-refractivity contribution is 5.58. The van der Waals surface area contributed by atoms with Gasteiger partial charge >= 0.3 is 0 Å². The zero-order chi connectivity index (χ0) is 7.28. The first kappa shape index (κ1) is 8.59. The summed E-state index contributed by atoms with van der Waals surface area (Å²) in [6.45, 7) is 4.22. The molecule has 0 bridgehead atoms. The van der Waals surface area contributed by atoms with Gasteiger partial charge in [-0.3, -0.25) is 10.1 Å². The Labute approximate surface area is 55.6 Å². The lowest BCUT2D eigenvalue weighted by Gasteiger charge is -2.12. The molecule has 1 radical (unpaired) electrons. The van der Waals surface area contributed by atoms with E-state index in [0.29, 0.717) is 6.67 Å². The van der Waals surface area contributed by atoms with Crippen LogP contribution in [0.15, 0.2) is 0 Å². The van der Waals surface area contributed by atoms with Crippen LogP contribution in [0, 0.1) is 5.92 Å². The van der Waals surface area contributed by atoms with Crippen molar-refractivity contribution in [3.05, 3.63) is 0 Å². The van der Waals surface area contributed by atoms with Crippen LogP contribution in [0.1, 0.15) is 13.8 Å². The summed E-state index contributed by atoms with van der Waals surface area (Å²) < 4.78 is 0. The summed E-state index contributed by atoms with van der Waals surface area (Å²) in [6.07, 6.45) is 1.86. The SMILES string of the molecule is CC(C)[C@H]([C]=O)NCN. The minimum atomic E-state index is -0.213. The van der Waals surface area contributed by atoms with Crippen molar-refractivity contribution in [2.24, 2.45) is 11.7 Å². The molecule has 0 unspecified atom stereocenters. The fourth-order valence-electron chi connectivity index (χ4n) is 0.540. The van der Waals surface area contributed by atoms with Crippen molar-refractivity contribution >= 4 is 6.29 Å². The Bertz CT molecular complexity index is 83.1. The van der Waals surface area contributed by atoms with E-state index in [9.17, 15) is 4.79 Å². The topological polar surface area (TPSA) is 55.1 Å². The summed E-state index contributed by atoms with van der Waals surface area (Å²) in [7, 11) is 0.